The Morgan fingerprint density at radius 1 is 1.23 bits per heavy atom. The van der Waals surface area contributed by atoms with Gasteiger partial charge < -0.3 is 9.84 Å². The Bertz CT molecular complexity index is 1430. The monoisotopic (exact) mass is 436 g/mol. The average Bonchev–Trinajstić information content (AvgIpc) is 3.12. The van der Waals surface area contributed by atoms with Gasteiger partial charge in [-0.15, -0.1) is 0 Å². The van der Waals surface area contributed by atoms with Crippen LogP contribution in [0.1, 0.15) is 23.6 Å². The Hall–Kier alpha value is -3.72. The molecule has 0 aliphatic carbocycles. The summed E-state index contributed by atoms with van der Waals surface area (Å²) < 4.78 is 7.45. The minimum Gasteiger partial charge on any atom is -0.494 e. The molecular weight excluding hydrogens is 416 g/mol. The van der Waals surface area contributed by atoms with Crippen molar-refractivity contribution in [2.45, 2.75) is 20.8 Å². The van der Waals surface area contributed by atoms with Gasteiger partial charge in [-0.3, -0.25) is 9.78 Å². The molecule has 0 radical (unpaired) electrons. The van der Waals surface area contributed by atoms with E-state index in [0.29, 0.717) is 17.4 Å². The first-order valence-corrected chi connectivity index (χ1v) is 10.4. The third kappa shape index (κ3) is 3.99. The fraction of sp³-hybridized carbons (Fsp3) is 0.182. The van der Waals surface area contributed by atoms with E-state index in [4.69, 9.17) is 4.74 Å². The zero-order valence-corrected chi connectivity index (χ0v) is 18.0. The van der Waals surface area contributed by atoms with Crippen molar-refractivity contribution >= 4 is 32.9 Å². The van der Waals surface area contributed by atoms with E-state index in [1.165, 1.54) is 17.6 Å². The molecule has 158 valence electrons. The normalized spacial score (nSPS) is 11.5. The molecule has 0 atom stereocenters. The highest BCUT2D eigenvalue weighted by Crippen LogP contribution is 2.31. The number of aromatic hydroxyl groups is 1. The largest absolute Gasteiger partial charge is 0.494 e. The van der Waals surface area contributed by atoms with Crippen molar-refractivity contribution in [2.24, 2.45) is 4.99 Å². The smallest absolute Gasteiger partial charge is 0.335 e. The van der Waals surface area contributed by atoms with Crippen LogP contribution >= 0.6 is 11.3 Å². The number of ether oxygens (including phenoxy) is 1. The van der Waals surface area contributed by atoms with E-state index in [1.54, 1.807) is 6.07 Å². The van der Waals surface area contributed by atoms with Crippen LogP contribution in [-0.2, 0) is 0 Å². The molecule has 0 aliphatic rings. The first-order chi connectivity index (χ1) is 14.9. The minimum absolute atomic E-state index is 0.130. The van der Waals surface area contributed by atoms with Crippen LogP contribution in [0.15, 0.2) is 51.0 Å². The Kier molecular flexibility index (Phi) is 5.43. The first-order valence-electron chi connectivity index (χ1n) is 9.60. The van der Waals surface area contributed by atoms with Crippen molar-refractivity contribution in [2.75, 3.05) is 6.61 Å². The van der Waals surface area contributed by atoms with Gasteiger partial charge in [0.1, 0.15) is 11.3 Å². The Morgan fingerprint density at radius 2 is 2.03 bits per heavy atom. The maximum Gasteiger partial charge on any atom is 0.335 e. The summed E-state index contributed by atoms with van der Waals surface area (Å²) in [5, 5.41) is 11.2. The number of aromatic nitrogens is 3. The molecule has 4 aromatic rings. The number of thiazole rings is 1. The summed E-state index contributed by atoms with van der Waals surface area (Å²) in [5.74, 6) is 0.259. The highest BCUT2D eigenvalue weighted by Gasteiger charge is 2.16. The molecule has 8 nitrogen and oxygen atoms in total. The lowest BCUT2D eigenvalue weighted by atomic mass is 10.1. The SMILES string of the molecule is CCOc1ccc2nc(N=Cc3c(O)n(-c4cc(C)ccc4C)c(=O)[nH]c3=O)sc2c1. The van der Waals surface area contributed by atoms with Crippen LogP contribution in [0.3, 0.4) is 0 Å². The Balaban J connectivity index is 1.77. The first kappa shape index (κ1) is 20.5. The van der Waals surface area contributed by atoms with Gasteiger partial charge in [0.15, 0.2) is 0 Å². The summed E-state index contributed by atoms with van der Waals surface area (Å²) in [7, 11) is 0. The molecule has 2 N–H and O–H groups in total. The lowest BCUT2D eigenvalue weighted by molar-refractivity contribution is 0.341. The maximum atomic E-state index is 12.4. The molecule has 0 bridgehead atoms. The van der Waals surface area contributed by atoms with E-state index in [-0.39, 0.29) is 5.56 Å². The third-order valence-corrected chi connectivity index (χ3v) is 5.62. The van der Waals surface area contributed by atoms with Gasteiger partial charge in [0.2, 0.25) is 11.0 Å². The van der Waals surface area contributed by atoms with E-state index in [0.717, 1.165) is 31.7 Å². The van der Waals surface area contributed by atoms with Gasteiger partial charge in [0, 0.05) is 6.21 Å². The second-order valence-corrected chi connectivity index (χ2v) is 7.95. The van der Waals surface area contributed by atoms with Gasteiger partial charge >= 0.3 is 5.69 Å². The predicted octanol–water partition coefficient (Wildman–Crippen LogP) is 3.61. The zero-order valence-electron chi connectivity index (χ0n) is 17.2. The Labute approximate surface area is 181 Å². The Morgan fingerprint density at radius 3 is 2.81 bits per heavy atom. The lowest BCUT2D eigenvalue weighted by Gasteiger charge is -2.12. The van der Waals surface area contributed by atoms with Crippen LogP contribution < -0.4 is 16.0 Å². The summed E-state index contributed by atoms with van der Waals surface area (Å²) in [6.45, 7) is 6.17. The van der Waals surface area contributed by atoms with Gasteiger partial charge in [-0.05, 0) is 56.2 Å². The number of hydrogen-bond donors (Lipinski definition) is 2. The van der Waals surface area contributed by atoms with Gasteiger partial charge in [-0.2, -0.15) is 0 Å². The number of fused-ring (bicyclic) bond motifs is 1. The topological polar surface area (TPSA) is 110 Å². The molecule has 31 heavy (non-hydrogen) atoms. The number of benzene rings is 2. The average molecular weight is 436 g/mol. The van der Waals surface area contributed by atoms with Crippen LogP contribution in [0.25, 0.3) is 15.9 Å². The molecule has 0 unspecified atom stereocenters. The zero-order chi connectivity index (χ0) is 22.1. The van der Waals surface area contributed by atoms with Crippen LogP contribution in [0.4, 0.5) is 5.13 Å². The van der Waals surface area contributed by atoms with Crippen LogP contribution in [0.5, 0.6) is 11.6 Å². The molecule has 0 saturated carbocycles. The highest BCUT2D eigenvalue weighted by atomic mass is 32.1. The van der Waals surface area contributed by atoms with Gasteiger partial charge in [-0.25, -0.2) is 19.3 Å². The van der Waals surface area contributed by atoms with Gasteiger partial charge in [0.05, 0.1) is 22.5 Å². The molecule has 2 aromatic carbocycles. The number of aryl methyl sites for hydroxylation is 2. The van der Waals surface area contributed by atoms with E-state index in [1.807, 2.05) is 51.1 Å². The summed E-state index contributed by atoms with van der Waals surface area (Å²) in [6, 6.07) is 11.0. The van der Waals surface area contributed by atoms with E-state index >= 15 is 0 Å². The van der Waals surface area contributed by atoms with Crippen molar-refractivity contribution < 1.29 is 9.84 Å². The fourth-order valence-electron chi connectivity index (χ4n) is 3.16. The van der Waals surface area contributed by atoms with E-state index in [9.17, 15) is 14.7 Å². The molecule has 0 amide bonds. The quantitative estimate of drug-likeness (QED) is 0.465. The van der Waals surface area contributed by atoms with Crippen molar-refractivity contribution in [3.05, 3.63) is 73.9 Å². The van der Waals surface area contributed by atoms with Gasteiger partial charge in [0.25, 0.3) is 5.56 Å². The number of hydrogen-bond acceptors (Lipinski definition) is 7. The van der Waals surface area contributed by atoms with Crippen LogP contribution in [-0.4, -0.2) is 32.5 Å². The summed E-state index contributed by atoms with van der Waals surface area (Å²) in [5.41, 5.74) is 1.33. The van der Waals surface area contributed by atoms with Crippen LogP contribution in [0, 0.1) is 13.8 Å². The van der Waals surface area contributed by atoms with Gasteiger partial charge in [-0.1, -0.05) is 23.5 Å². The second kappa shape index (κ2) is 8.19. The summed E-state index contributed by atoms with van der Waals surface area (Å²) in [4.78, 5) is 35.7. The third-order valence-electron chi connectivity index (χ3n) is 4.69. The fourth-order valence-corrected chi connectivity index (χ4v) is 4.00. The number of rotatable bonds is 5. The highest BCUT2D eigenvalue weighted by molar-refractivity contribution is 7.22. The number of aliphatic imine (C=N–C) groups is 1. The van der Waals surface area contributed by atoms with Crippen molar-refractivity contribution in [1.29, 1.82) is 0 Å². The molecule has 0 aliphatic heterocycles. The molecule has 2 aromatic heterocycles. The summed E-state index contributed by atoms with van der Waals surface area (Å²) >= 11 is 1.32. The molecule has 9 heteroatoms. The molecular formula is C22H20N4O4S. The maximum absolute atomic E-state index is 12.4. The number of nitrogens with zero attached hydrogens (tertiary/aromatic N) is 3. The summed E-state index contributed by atoms with van der Waals surface area (Å²) in [6.07, 6.45) is 1.22. The predicted molar refractivity (Wildman–Crippen MR) is 122 cm³/mol. The van der Waals surface area contributed by atoms with Crippen molar-refractivity contribution in [3.8, 4) is 17.3 Å². The molecule has 0 fully saturated rings. The minimum atomic E-state index is -0.729. The van der Waals surface area contributed by atoms with Crippen molar-refractivity contribution in [3.63, 3.8) is 0 Å². The second-order valence-electron chi connectivity index (χ2n) is 6.94. The number of nitrogens with one attached hydrogen (secondary N) is 1. The molecule has 4 rings (SSSR count). The van der Waals surface area contributed by atoms with Crippen LogP contribution in [0.2, 0.25) is 0 Å². The lowest BCUT2D eigenvalue weighted by Crippen LogP contribution is -2.31. The van der Waals surface area contributed by atoms with E-state index < -0.39 is 17.1 Å². The number of aromatic amines is 1. The molecule has 0 saturated heterocycles. The molecule has 0 spiro atoms. The molecule has 2 heterocycles. The van der Waals surface area contributed by atoms with E-state index in [2.05, 4.69) is 15.0 Å². The number of H-pyrrole nitrogens is 1. The van der Waals surface area contributed by atoms with Crippen molar-refractivity contribution in [1.82, 2.24) is 14.5 Å². The standard InChI is InChI=1S/C22H20N4O4S/c1-4-30-14-7-8-16-18(10-14)31-21(24-16)23-11-15-19(27)25-22(29)26(20(15)28)17-9-12(2)5-6-13(17)3/h5-11,28H,4H2,1-3H3,(H,25,27,29).